The summed E-state index contributed by atoms with van der Waals surface area (Å²) in [7, 11) is -1.91. The maximum atomic E-state index is 12.8. The lowest BCUT2D eigenvalue weighted by atomic mass is 10.1. The zero-order chi connectivity index (χ0) is 23.3. The molecule has 0 fully saturated rings. The fourth-order valence-corrected chi connectivity index (χ4v) is 4.31. The zero-order valence-corrected chi connectivity index (χ0v) is 19.6. The molecule has 1 amide bonds. The van der Waals surface area contributed by atoms with Gasteiger partial charge >= 0.3 is 0 Å². The molecule has 0 spiro atoms. The molecule has 0 unspecified atom stereocenters. The fourth-order valence-electron chi connectivity index (χ4n) is 3.21. The van der Waals surface area contributed by atoms with Crippen LogP contribution in [0.2, 0.25) is 0 Å². The van der Waals surface area contributed by atoms with Crippen molar-refractivity contribution in [2.24, 2.45) is 0 Å². The number of sulfonamides is 1. The fraction of sp³-hybridized carbons (Fsp3) is 0.240. The number of hydrogen-bond donors (Lipinski definition) is 1. The van der Waals surface area contributed by atoms with Crippen LogP contribution in [0.4, 0.5) is 11.4 Å². The summed E-state index contributed by atoms with van der Waals surface area (Å²) in [4.78, 5) is 12.5. The molecule has 0 radical (unpaired) electrons. The number of amides is 1. The summed E-state index contributed by atoms with van der Waals surface area (Å²) in [6.45, 7) is 5.81. The lowest BCUT2D eigenvalue weighted by Gasteiger charge is -2.25. The van der Waals surface area contributed by atoms with Gasteiger partial charge in [-0.2, -0.15) is 0 Å². The molecule has 0 saturated carbocycles. The van der Waals surface area contributed by atoms with Crippen molar-refractivity contribution in [3.63, 3.8) is 0 Å². The van der Waals surface area contributed by atoms with E-state index in [0.717, 1.165) is 16.7 Å². The van der Waals surface area contributed by atoms with Crippen molar-refractivity contribution in [1.82, 2.24) is 0 Å². The molecule has 0 saturated heterocycles. The number of nitrogens with one attached hydrogen (secondary N) is 1. The summed E-state index contributed by atoms with van der Waals surface area (Å²) in [5.41, 5.74) is 4.72. The molecule has 3 aromatic carbocycles. The van der Waals surface area contributed by atoms with Gasteiger partial charge in [0, 0.05) is 11.3 Å². The molecule has 168 valence electrons. The first-order valence-corrected chi connectivity index (χ1v) is 12.0. The number of hydrogen-bond acceptors (Lipinski definition) is 4. The van der Waals surface area contributed by atoms with Gasteiger partial charge in [0.1, 0.15) is 5.75 Å². The van der Waals surface area contributed by atoms with E-state index in [1.807, 2.05) is 44.2 Å². The topological polar surface area (TPSA) is 75.7 Å². The quantitative estimate of drug-likeness (QED) is 0.526. The summed E-state index contributed by atoms with van der Waals surface area (Å²) >= 11 is 0. The predicted octanol–water partition coefficient (Wildman–Crippen LogP) is 4.92. The van der Waals surface area contributed by atoms with Gasteiger partial charge in [-0.15, -0.1) is 0 Å². The number of aryl methyl sites for hydroxylation is 2. The zero-order valence-electron chi connectivity index (χ0n) is 18.8. The SMILES string of the molecule is CCS(=O)(=O)N(Cc1ccc(NC(=O)c2cccc(OC)c2)cc1)c1ccc(C)c(C)c1. The van der Waals surface area contributed by atoms with Crippen LogP contribution in [0, 0.1) is 13.8 Å². The third-order valence-electron chi connectivity index (χ3n) is 5.35. The van der Waals surface area contributed by atoms with Gasteiger partial charge in [-0.3, -0.25) is 9.10 Å². The maximum absolute atomic E-state index is 12.8. The minimum Gasteiger partial charge on any atom is -0.497 e. The Morgan fingerprint density at radius 1 is 0.969 bits per heavy atom. The Bertz CT molecular complexity index is 1200. The third-order valence-corrected chi connectivity index (χ3v) is 7.09. The molecule has 0 heterocycles. The molecule has 0 atom stereocenters. The van der Waals surface area contributed by atoms with Gasteiger partial charge in [-0.05, 0) is 79.9 Å². The van der Waals surface area contributed by atoms with Gasteiger partial charge in [0.05, 0.1) is 25.1 Å². The number of carbonyl (C=O) groups excluding carboxylic acids is 1. The molecule has 0 aliphatic carbocycles. The average Bonchev–Trinajstić information content (AvgIpc) is 2.80. The molecular formula is C25H28N2O4S. The van der Waals surface area contributed by atoms with Crippen LogP contribution in [0.15, 0.2) is 66.7 Å². The lowest BCUT2D eigenvalue weighted by Crippen LogP contribution is -2.32. The average molecular weight is 453 g/mol. The number of anilines is 2. The van der Waals surface area contributed by atoms with E-state index < -0.39 is 10.0 Å². The summed E-state index contributed by atoms with van der Waals surface area (Å²) in [6, 6.07) is 19.7. The third kappa shape index (κ3) is 5.48. The van der Waals surface area contributed by atoms with Gasteiger partial charge < -0.3 is 10.1 Å². The summed E-state index contributed by atoms with van der Waals surface area (Å²) in [5.74, 6) is 0.368. The number of carbonyl (C=O) groups is 1. The molecule has 32 heavy (non-hydrogen) atoms. The van der Waals surface area contributed by atoms with Crippen LogP contribution in [0.1, 0.15) is 34.0 Å². The normalized spacial score (nSPS) is 11.1. The van der Waals surface area contributed by atoms with Crippen molar-refractivity contribution in [2.75, 3.05) is 22.5 Å². The van der Waals surface area contributed by atoms with Gasteiger partial charge in [-0.25, -0.2) is 8.42 Å². The van der Waals surface area contributed by atoms with Crippen LogP contribution in [0.5, 0.6) is 5.75 Å². The van der Waals surface area contributed by atoms with Crippen molar-refractivity contribution < 1.29 is 17.9 Å². The molecule has 0 aliphatic heterocycles. The highest BCUT2D eigenvalue weighted by Gasteiger charge is 2.21. The van der Waals surface area contributed by atoms with Crippen molar-refractivity contribution >= 4 is 27.3 Å². The number of benzene rings is 3. The molecule has 3 aromatic rings. The Morgan fingerprint density at radius 3 is 2.31 bits per heavy atom. The van der Waals surface area contributed by atoms with E-state index in [1.54, 1.807) is 50.4 Å². The lowest BCUT2D eigenvalue weighted by molar-refractivity contribution is 0.102. The van der Waals surface area contributed by atoms with Crippen LogP contribution in [0.25, 0.3) is 0 Å². The predicted molar refractivity (Wildman–Crippen MR) is 129 cm³/mol. The van der Waals surface area contributed by atoms with E-state index in [9.17, 15) is 13.2 Å². The first kappa shape index (κ1) is 23.3. The number of rotatable bonds is 8. The van der Waals surface area contributed by atoms with Crippen molar-refractivity contribution in [2.45, 2.75) is 27.3 Å². The molecule has 1 N–H and O–H groups in total. The first-order valence-electron chi connectivity index (χ1n) is 10.4. The second kappa shape index (κ2) is 9.87. The first-order chi connectivity index (χ1) is 15.2. The molecule has 6 nitrogen and oxygen atoms in total. The van der Waals surface area contributed by atoms with E-state index in [0.29, 0.717) is 22.7 Å². The van der Waals surface area contributed by atoms with Crippen molar-refractivity contribution in [3.05, 3.63) is 89.0 Å². The standard InChI is InChI=1S/C25H28N2O4S/c1-5-32(29,30)27(23-14-9-18(2)19(3)15-23)17-20-10-12-22(13-11-20)26-25(28)21-7-6-8-24(16-21)31-4/h6-16H,5,17H2,1-4H3,(H,26,28). The molecule has 7 heteroatoms. The summed E-state index contributed by atoms with van der Waals surface area (Å²) < 4.78 is 32.2. The van der Waals surface area contributed by atoms with Crippen LogP contribution in [-0.4, -0.2) is 27.2 Å². The Labute approximate surface area is 189 Å². The minimum absolute atomic E-state index is 0.00853. The molecule has 0 bridgehead atoms. The van der Waals surface area contributed by atoms with Crippen LogP contribution >= 0.6 is 0 Å². The Balaban J connectivity index is 1.78. The van der Waals surface area contributed by atoms with Crippen LogP contribution in [-0.2, 0) is 16.6 Å². The Morgan fingerprint density at radius 2 is 1.69 bits per heavy atom. The highest BCUT2D eigenvalue weighted by atomic mass is 32.2. The second-order valence-corrected chi connectivity index (χ2v) is 9.74. The van der Waals surface area contributed by atoms with Crippen LogP contribution in [0.3, 0.4) is 0 Å². The summed E-state index contributed by atoms with van der Waals surface area (Å²) in [6.07, 6.45) is 0. The molecule has 3 rings (SSSR count). The maximum Gasteiger partial charge on any atom is 0.255 e. The van der Waals surface area contributed by atoms with E-state index >= 15 is 0 Å². The number of nitrogens with zero attached hydrogens (tertiary/aromatic N) is 1. The van der Waals surface area contributed by atoms with E-state index in [-0.39, 0.29) is 18.2 Å². The molecular weight excluding hydrogens is 424 g/mol. The van der Waals surface area contributed by atoms with Gasteiger partial charge in [-0.1, -0.05) is 24.3 Å². The van der Waals surface area contributed by atoms with E-state index in [1.165, 1.54) is 4.31 Å². The van der Waals surface area contributed by atoms with E-state index in [2.05, 4.69) is 5.32 Å². The smallest absolute Gasteiger partial charge is 0.255 e. The van der Waals surface area contributed by atoms with Gasteiger partial charge in [0.2, 0.25) is 10.0 Å². The molecule has 0 aliphatic rings. The largest absolute Gasteiger partial charge is 0.497 e. The Hall–Kier alpha value is -3.32. The van der Waals surface area contributed by atoms with E-state index in [4.69, 9.17) is 4.74 Å². The highest BCUT2D eigenvalue weighted by molar-refractivity contribution is 7.92. The number of ether oxygens (including phenoxy) is 1. The monoisotopic (exact) mass is 452 g/mol. The highest BCUT2D eigenvalue weighted by Crippen LogP contribution is 2.25. The number of methoxy groups -OCH3 is 1. The van der Waals surface area contributed by atoms with Gasteiger partial charge in [0.15, 0.2) is 0 Å². The Kier molecular flexibility index (Phi) is 7.20. The van der Waals surface area contributed by atoms with Crippen LogP contribution < -0.4 is 14.4 Å². The summed E-state index contributed by atoms with van der Waals surface area (Å²) in [5, 5.41) is 2.85. The van der Waals surface area contributed by atoms with Gasteiger partial charge in [0.25, 0.3) is 5.91 Å². The van der Waals surface area contributed by atoms with Crippen molar-refractivity contribution in [3.8, 4) is 5.75 Å². The van der Waals surface area contributed by atoms with Crippen molar-refractivity contribution in [1.29, 1.82) is 0 Å². The molecule has 0 aromatic heterocycles. The second-order valence-electron chi connectivity index (χ2n) is 7.56. The minimum atomic E-state index is -3.46.